The van der Waals surface area contributed by atoms with Gasteiger partial charge in [0.2, 0.25) is 5.91 Å². The summed E-state index contributed by atoms with van der Waals surface area (Å²) in [5, 5.41) is 0.440. The summed E-state index contributed by atoms with van der Waals surface area (Å²) < 4.78 is 17.4. The number of ether oxygens (including phenoxy) is 3. The standard InChI is InChI=1S/C22H24ClNO4S2/c1-3-27-19-12-15(13-20-21(25)24(9-10-26-2)22(29)30-20)7-8-18(19)28-14-16-5-4-6-17(23)11-16/h4-8,11-12,20H,3,9-10,13-14H2,1-2H3/t20-/m1/s1. The highest BCUT2D eigenvalue weighted by Gasteiger charge is 2.36. The molecule has 0 aromatic heterocycles. The summed E-state index contributed by atoms with van der Waals surface area (Å²) in [5.74, 6) is 1.34. The van der Waals surface area contributed by atoms with Gasteiger partial charge in [0, 0.05) is 12.1 Å². The number of thiocarbonyl (C=S) groups is 1. The van der Waals surface area contributed by atoms with Gasteiger partial charge >= 0.3 is 0 Å². The molecular formula is C22H24ClNO4S2. The Hall–Kier alpha value is -1.80. The highest BCUT2D eigenvalue weighted by Crippen LogP contribution is 2.34. The van der Waals surface area contributed by atoms with E-state index in [9.17, 15) is 4.79 Å². The van der Waals surface area contributed by atoms with E-state index >= 15 is 0 Å². The Balaban J connectivity index is 1.68. The molecule has 0 aliphatic carbocycles. The van der Waals surface area contributed by atoms with Crippen molar-refractivity contribution < 1.29 is 19.0 Å². The Labute approximate surface area is 191 Å². The largest absolute Gasteiger partial charge is 0.490 e. The van der Waals surface area contributed by atoms with Gasteiger partial charge in [-0.25, -0.2) is 0 Å². The molecule has 8 heteroatoms. The molecule has 30 heavy (non-hydrogen) atoms. The molecule has 1 amide bonds. The number of rotatable bonds is 10. The van der Waals surface area contributed by atoms with Crippen LogP contribution in [0.5, 0.6) is 11.5 Å². The van der Waals surface area contributed by atoms with Crippen molar-refractivity contribution in [1.82, 2.24) is 4.90 Å². The molecule has 3 rings (SSSR count). The molecule has 0 spiro atoms. The van der Waals surface area contributed by atoms with Crippen molar-refractivity contribution in [2.24, 2.45) is 0 Å². The Bertz CT molecular complexity index is 908. The van der Waals surface area contributed by atoms with Gasteiger partial charge in [-0.15, -0.1) is 0 Å². The Morgan fingerprint density at radius 3 is 2.70 bits per heavy atom. The lowest BCUT2D eigenvalue weighted by Crippen LogP contribution is -2.34. The molecule has 2 aromatic carbocycles. The van der Waals surface area contributed by atoms with Crippen LogP contribution in [0.1, 0.15) is 18.1 Å². The maximum Gasteiger partial charge on any atom is 0.242 e. The minimum Gasteiger partial charge on any atom is -0.490 e. The Morgan fingerprint density at radius 2 is 1.97 bits per heavy atom. The second-order valence-corrected chi connectivity index (χ2v) is 8.96. The molecule has 0 radical (unpaired) electrons. The second-order valence-electron chi connectivity index (χ2n) is 6.69. The summed E-state index contributed by atoms with van der Waals surface area (Å²) >= 11 is 12.8. The first kappa shape index (κ1) is 22.9. The highest BCUT2D eigenvalue weighted by atomic mass is 35.5. The molecule has 1 aliphatic rings. The van der Waals surface area contributed by atoms with Gasteiger partial charge in [0.25, 0.3) is 0 Å². The number of nitrogens with zero attached hydrogens (tertiary/aromatic N) is 1. The average Bonchev–Trinajstić information content (AvgIpc) is 2.99. The van der Waals surface area contributed by atoms with Crippen molar-refractivity contribution in [3.8, 4) is 11.5 Å². The van der Waals surface area contributed by atoms with Gasteiger partial charge in [0.1, 0.15) is 10.9 Å². The summed E-state index contributed by atoms with van der Waals surface area (Å²) in [7, 11) is 1.61. The number of carbonyl (C=O) groups is 1. The van der Waals surface area contributed by atoms with Crippen LogP contribution in [0.2, 0.25) is 5.02 Å². The maximum atomic E-state index is 12.7. The number of halogens is 1. The van der Waals surface area contributed by atoms with Crippen molar-refractivity contribution in [2.45, 2.75) is 25.2 Å². The van der Waals surface area contributed by atoms with Crippen molar-refractivity contribution in [3.63, 3.8) is 0 Å². The van der Waals surface area contributed by atoms with Crippen LogP contribution in [0.4, 0.5) is 0 Å². The molecule has 160 valence electrons. The van der Waals surface area contributed by atoms with Crippen molar-refractivity contribution in [3.05, 3.63) is 58.6 Å². The smallest absolute Gasteiger partial charge is 0.242 e. The van der Waals surface area contributed by atoms with Crippen LogP contribution in [0.15, 0.2) is 42.5 Å². The topological polar surface area (TPSA) is 48.0 Å². The number of carbonyl (C=O) groups excluding carboxylic acids is 1. The fourth-order valence-electron chi connectivity index (χ4n) is 3.08. The Kier molecular flexibility index (Phi) is 8.39. The molecule has 5 nitrogen and oxygen atoms in total. The van der Waals surface area contributed by atoms with E-state index in [0.29, 0.717) is 53.6 Å². The molecule has 0 unspecified atom stereocenters. The van der Waals surface area contributed by atoms with Gasteiger partial charge in [-0.3, -0.25) is 9.69 Å². The van der Waals surface area contributed by atoms with Gasteiger partial charge in [-0.2, -0.15) is 0 Å². The molecule has 1 aliphatic heterocycles. The Morgan fingerprint density at radius 1 is 1.13 bits per heavy atom. The van der Waals surface area contributed by atoms with Gasteiger partial charge in [0.15, 0.2) is 11.5 Å². The number of methoxy groups -OCH3 is 1. The summed E-state index contributed by atoms with van der Waals surface area (Å²) in [6.45, 7) is 3.78. The average molecular weight is 466 g/mol. The summed E-state index contributed by atoms with van der Waals surface area (Å²) in [5.41, 5.74) is 1.97. The van der Waals surface area contributed by atoms with E-state index in [4.69, 9.17) is 38.0 Å². The maximum absolute atomic E-state index is 12.7. The number of benzene rings is 2. The second kappa shape index (κ2) is 11.0. The van der Waals surface area contributed by atoms with E-state index < -0.39 is 0 Å². The third-order valence-electron chi connectivity index (χ3n) is 4.54. The molecule has 1 atom stereocenters. The quantitative estimate of drug-likeness (QED) is 0.472. The normalized spacial score (nSPS) is 16.2. The first-order chi connectivity index (χ1) is 14.5. The number of amides is 1. The molecule has 0 N–H and O–H groups in total. The van der Waals surface area contributed by atoms with Crippen molar-refractivity contribution in [2.75, 3.05) is 26.9 Å². The van der Waals surface area contributed by atoms with E-state index in [0.717, 1.165) is 11.1 Å². The van der Waals surface area contributed by atoms with E-state index in [1.807, 2.05) is 49.4 Å². The molecule has 2 aromatic rings. The first-order valence-corrected chi connectivity index (χ1v) is 11.3. The third-order valence-corrected chi connectivity index (χ3v) is 6.36. The third kappa shape index (κ3) is 5.88. The molecule has 0 saturated carbocycles. The lowest BCUT2D eigenvalue weighted by atomic mass is 10.1. The van der Waals surface area contributed by atoms with E-state index in [-0.39, 0.29) is 11.2 Å². The summed E-state index contributed by atoms with van der Waals surface area (Å²) in [4.78, 5) is 14.3. The van der Waals surface area contributed by atoms with Crippen LogP contribution in [0, 0.1) is 0 Å². The predicted molar refractivity (Wildman–Crippen MR) is 125 cm³/mol. The van der Waals surface area contributed by atoms with E-state index in [1.165, 1.54) is 11.8 Å². The van der Waals surface area contributed by atoms with Crippen molar-refractivity contribution in [1.29, 1.82) is 0 Å². The molecule has 1 saturated heterocycles. The fourth-order valence-corrected chi connectivity index (χ4v) is 4.88. The minimum atomic E-state index is -0.234. The number of hydrogen-bond acceptors (Lipinski definition) is 6. The van der Waals surface area contributed by atoms with Crippen LogP contribution in [0.3, 0.4) is 0 Å². The van der Waals surface area contributed by atoms with Gasteiger partial charge in [0.05, 0.1) is 25.0 Å². The molecule has 0 bridgehead atoms. The lowest BCUT2D eigenvalue weighted by molar-refractivity contribution is -0.126. The zero-order chi connectivity index (χ0) is 21.5. The monoisotopic (exact) mass is 465 g/mol. The van der Waals surface area contributed by atoms with Crippen LogP contribution < -0.4 is 9.47 Å². The predicted octanol–water partition coefficient (Wildman–Crippen LogP) is 4.74. The summed E-state index contributed by atoms with van der Waals surface area (Å²) in [6, 6.07) is 13.3. The number of hydrogen-bond donors (Lipinski definition) is 0. The van der Waals surface area contributed by atoms with Gasteiger partial charge < -0.3 is 14.2 Å². The zero-order valence-corrected chi connectivity index (χ0v) is 19.3. The molecular weight excluding hydrogens is 442 g/mol. The minimum absolute atomic E-state index is 0.0290. The van der Waals surface area contributed by atoms with E-state index in [1.54, 1.807) is 12.0 Å². The van der Waals surface area contributed by atoms with Gasteiger partial charge in [-0.1, -0.05) is 53.8 Å². The summed E-state index contributed by atoms with van der Waals surface area (Å²) in [6.07, 6.45) is 0.571. The van der Waals surface area contributed by atoms with Crippen molar-refractivity contribution >= 4 is 45.8 Å². The highest BCUT2D eigenvalue weighted by molar-refractivity contribution is 8.24. The molecule has 1 heterocycles. The van der Waals surface area contributed by atoms with Crippen LogP contribution >= 0.6 is 35.6 Å². The van der Waals surface area contributed by atoms with Gasteiger partial charge in [-0.05, 0) is 48.7 Å². The first-order valence-electron chi connectivity index (χ1n) is 9.65. The zero-order valence-electron chi connectivity index (χ0n) is 16.9. The van der Waals surface area contributed by atoms with E-state index in [2.05, 4.69) is 0 Å². The van der Waals surface area contributed by atoms with Crippen LogP contribution in [-0.2, 0) is 22.6 Å². The van der Waals surface area contributed by atoms with Crippen LogP contribution in [-0.4, -0.2) is 47.2 Å². The SMILES string of the molecule is CCOc1cc(C[C@H]2SC(=S)N(CCOC)C2=O)ccc1OCc1cccc(Cl)c1. The molecule has 1 fully saturated rings. The van der Waals surface area contributed by atoms with Crippen LogP contribution in [0.25, 0.3) is 0 Å². The fraction of sp³-hybridized carbons (Fsp3) is 0.364. The number of thioether (sulfide) groups is 1. The lowest BCUT2D eigenvalue weighted by Gasteiger charge is -2.16.